The van der Waals surface area contributed by atoms with Crippen molar-refractivity contribution < 1.29 is 13.6 Å². The molecule has 1 aromatic carbocycles. The van der Waals surface area contributed by atoms with Gasteiger partial charge in [-0.25, -0.2) is 0 Å². The standard InChI is InChI=1S/C26H30FN5O2/c1-13(18-12-30-19-4-2-3-17(25(18)19)21-5-6-22(27)34-21)7-23(33)32-16-9-14-8-15(11-16)24(20(32)10-14)26(28)31-29/h2-6,12-16,20,24,30H,7-11,29H2,1H3,(H2,28,31). The number of aromatic amines is 1. The highest BCUT2D eigenvalue weighted by Gasteiger charge is 2.55. The molecule has 2 aliphatic carbocycles. The van der Waals surface area contributed by atoms with E-state index in [9.17, 15) is 9.18 Å². The number of nitrogens with zero attached hydrogens (tertiary/aromatic N) is 2. The van der Waals surface area contributed by atoms with Crippen LogP contribution in [0, 0.1) is 23.8 Å². The molecule has 4 heterocycles. The molecule has 7 rings (SSSR count). The van der Waals surface area contributed by atoms with Crippen LogP contribution in [0.3, 0.4) is 0 Å². The average molecular weight is 464 g/mol. The molecule has 3 aromatic rings. The molecular weight excluding hydrogens is 433 g/mol. The van der Waals surface area contributed by atoms with Crippen molar-refractivity contribution in [2.45, 2.75) is 57.0 Å². The number of carbonyl (C=O) groups is 1. The lowest BCUT2D eigenvalue weighted by molar-refractivity contribution is -0.153. The van der Waals surface area contributed by atoms with Gasteiger partial charge in [0.15, 0.2) is 0 Å². The van der Waals surface area contributed by atoms with Crippen molar-refractivity contribution in [3.05, 3.63) is 48.1 Å². The molecule has 178 valence electrons. The number of H-pyrrole nitrogens is 1. The van der Waals surface area contributed by atoms with E-state index in [2.05, 4.69) is 21.9 Å². The first kappa shape index (κ1) is 21.3. The van der Waals surface area contributed by atoms with E-state index >= 15 is 0 Å². The number of piperidine rings is 2. The average Bonchev–Trinajstić information content (AvgIpc) is 3.44. The van der Waals surface area contributed by atoms with E-state index in [0.717, 1.165) is 47.7 Å². The lowest BCUT2D eigenvalue weighted by atomic mass is 9.58. The molecule has 2 aromatic heterocycles. The summed E-state index contributed by atoms with van der Waals surface area (Å²) in [5.41, 5.74) is 9.00. The molecular formula is C26H30FN5O2. The van der Waals surface area contributed by atoms with Gasteiger partial charge in [-0.2, -0.15) is 9.49 Å². The molecule has 0 radical (unpaired) electrons. The van der Waals surface area contributed by atoms with E-state index in [0.29, 0.717) is 29.9 Å². The van der Waals surface area contributed by atoms with Gasteiger partial charge in [0.05, 0.1) is 0 Å². The summed E-state index contributed by atoms with van der Waals surface area (Å²) in [5, 5.41) is 4.79. The van der Waals surface area contributed by atoms with Gasteiger partial charge in [-0.3, -0.25) is 4.79 Å². The van der Waals surface area contributed by atoms with Gasteiger partial charge < -0.3 is 25.9 Å². The first-order valence-corrected chi connectivity index (χ1v) is 12.1. The van der Waals surface area contributed by atoms with Crippen LogP contribution in [0.2, 0.25) is 0 Å². The van der Waals surface area contributed by atoms with Gasteiger partial charge in [0.25, 0.3) is 6.01 Å². The second kappa shape index (κ2) is 7.89. The first-order chi connectivity index (χ1) is 16.4. The predicted molar refractivity (Wildman–Crippen MR) is 128 cm³/mol. The van der Waals surface area contributed by atoms with Crippen molar-refractivity contribution in [1.82, 2.24) is 9.88 Å². The van der Waals surface area contributed by atoms with E-state index in [4.69, 9.17) is 16.0 Å². The van der Waals surface area contributed by atoms with Gasteiger partial charge >= 0.3 is 0 Å². The molecule has 6 atom stereocenters. The fourth-order valence-corrected chi connectivity index (χ4v) is 7.18. The Hall–Kier alpha value is -3.29. The van der Waals surface area contributed by atoms with Crippen LogP contribution in [0.25, 0.3) is 22.2 Å². The molecule has 5 N–H and O–H groups in total. The number of hydrogen-bond donors (Lipinski definition) is 3. The van der Waals surface area contributed by atoms with Crippen LogP contribution in [0.4, 0.5) is 4.39 Å². The molecule has 7 nitrogen and oxygen atoms in total. The molecule has 2 saturated heterocycles. The second-order valence-corrected chi connectivity index (χ2v) is 10.4. The normalized spacial score (nSPS) is 29.2. The third kappa shape index (κ3) is 3.22. The zero-order valence-electron chi connectivity index (χ0n) is 19.2. The molecule has 6 unspecified atom stereocenters. The highest BCUT2D eigenvalue weighted by molar-refractivity contribution is 5.97. The Balaban J connectivity index is 1.29. The van der Waals surface area contributed by atoms with Gasteiger partial charge in [-0.15, -0.1) is 0 Å². The summed E-state index contributed by atoms with van der Waals surface area (Å²) in [6.07, 6.45) is 6.56. The van der Waals surface area contributed by atoms with Crippen LogP contribution in [0.1, 0.15) is 50.5 Å². The Morgan fingerprint density at radius 2 is 2.12 bits per heavy atom. The van der Waals surface area contributed by atoms with E-state index in [1.165, 1.54) is 6.07 Å². The molecule has 4 fully saturated rings. The third-order valence-corrected chi connectivity index (χ3v) is 8.43. The maximum absolute atomic E-state index is 13.7. The quantitative estimate of drug-likeness (QED) is 0.226. The third-order valence-electron chi connectivity index (χ3n) is 8.43. The van der Waals surface area contributed by atoms with Crippen molar-refractivity contribution in [3.63, 3.8) is 0 Å². The number of halogens is 1. The van der Waals surface area contributed by atoms with Crippen LogP contribution in [0.5, 0.6) is 0 Å². The van der Waals surface area contributed by atoms with Crippen LogP contribution in [0.15, 0.2) is 46.0 Å². The summed E-state index contributed by atoms with van der Waals surface area (Å²) in [6, 6.07) is 8.54. The summed E-state index contributed by atoms with van der Waals surface area (Å²) in [6.45, 7) is 2.07. The minimum Gasteiger partial charge on any atom is -0.431 e. The lowest BCUT2D eigenvalue weighted by Gasteiger charge is -2.60. The highest BCUT2D eigenvalue weighted by Crippen LogP contribution is 2.52. The first-order valence-electron chi connectivity index (χ1n) is 12.1. The molecule has 8 heteroatoms. The van der Waals surface area contributed by atoms with E-state index in [-0.39, 0.29) is 29.8 Å². The molecule has 34 heavy (non-hydrogen) atoms. The molecule has 4 bridgehead atoms. The lowest BCUT2D eigenvalue weighted by Crippen LogP contribution is -2.66. The Morgan fingerprint density at radius 3 is 2.88 bits per heavy atom. The zero-order chi connectivity index (χ0) is 23.6. The Labute approximate surface area is 197 Å². The van der Waals surface area contributed by atoms with E-state index in [1.807, 2.05) is 24.4 Å². The SMILES string of the molecule is CC(CC(=O)N1C2CC3CC(C2)C(/C(N)=N/N)C1C3)c1c[nH]c2cccc(-c3ccc(F)o3)c12. The minimum absolute atomic E-state index is 0.0293. The van der Waals surface area contributed by atoms with E-state index in [1.54, 1.807) is 6.07 Å². The van der Waals surface area contributed by atoms with Crippen molar-refractivity contribution in [2.24, 2.45) is 34.4 Å². The zero-order valence-corrected chi connectivity index (χ0v) is 19.2. The van der Waals surface area contributed by atoms with Crippen molar-refractivity contribution in [3.8, 4) is 11.3 Å². The number of hydrazone groups is 1. The number of fused-ring (bicyclic) bond motifs is 1. The summed E-state index contributed by atoms with van der Waals surface area (Å²) >= 11 is 0. The topological polar surface area (TPSA) is 114 Å². The fourth-order valence-electron chi connectivity index (χ4n) is 7.18. The molecule has 0 spiro atoms. The number of aromatic nitrogens is 1. The summed E-state index contributed by atoms with van der Waals surface area (Å²) in [5.74, 6) is 7.85. The van der Waals surface area contributed by atoms with Crippen molar-refractivity contribution in [2.75, 3.05) is 0 Å². The number of amidine groups is 1. The molecule has 1 amide bonds. The summed E-state index contributed by atoms with van der Waals surface area (Å²) < 4.78 is 18.9. The summed E-state index contributed by atoms with van der Waals surface area (Å²) in [4.78, 5) is 19.2. The van der Waals surface area contributed by atoms with Gasteiger partial charge in [0, 0.05) is 53.2 Å². The largest absolute Gasteiger partial charge is 0.431 e. The molecule has 2 aliphatic heterocycles. The van der Waals surface area contributed by atoms with Crippen molar-refractivity contribution >= 4 is 22.6 Å². The van der Waals surface area contributed by atoms with Gasteiger partial charge in [0.2, 0.25) is 5.91 Å². The number of amides is 1. The smallest absolute Gasteiger partial charge is 0.278 e. The number of nitrogens with one attached hydrogen (secondary N) is 1. The fraction of sp³-hybridized carbons (Fsp3) is 0.462. The molecule has 4 aliphatic rings. The Kier molecular flexibility index (Phi) is 4.93. The number of furan rings is 1. The van der Waals surface area contributed by atoms with Crippen LogP contribution < -0.4 is 11.6 Å². The van der Waals surface area contributed by atoms with Crippen LogP contribution in [-0.2, 0) is 4.79 Å². The number of benzene rings is 1. The number of rotatable bonds is 5. The van der Waals surface area contributed by atoms with Crippen molar-refractivity contribution in [1.29, 1.82) is 0 Å². The number of carbonyl (C=O) groups excluding carboxylic acids is 1. The van der Waals surface area contributed by atoms with Gasteiger partial charge in [-0.1, -0.05) is 19.1 Å². The maximum Gasteiger partial charge on any atom is 0.278 e. The highest BCUT2D eigenvalue weighted by atomic mass is 19.1. The monoisotopic (exact) mass is 463 g/mol. The number of hydrogen-bond acceptors (Lipinski definition) is 4. The van der Waals surface area contributed by atoms with Crippen LogP contribution in [-0.4, -0.2) is 33.7 Å². The maximum atomic E-state index is 13.7. The second-order valence-electron chi connectivity index (χ2n) is 10.4. The van der Waals surface area contributed by atoms with E-state index < -0.39 is 6.01 Å². The van der Waals surface area contributed by atoms with Gasteiger partial charge in [0.1, 0.15) is 11.6 Å². The predicted octanol–water partition coefficient (Wildman–Crippen LogP) is 4.31. The van der Waals surface area contributed by atoms with Gasteiger partial charge in [-0.05, 0) is 61.1 Å². The van der Waals surface area contributed by atoms with Crippen LogP contribution >= 0.6 is 0 Å². The summed E-state index contributed by atoms with van der Waals surface area (Å²) in [7, 11) is 0. The minimum atomic E-state index is -0.614. The Morgan fingerprint density at radius 1 is 1.26 bits per heavy atom. The Bertz CT molecular complexity index is 1280. The number of nitrogens with two attached hydrogens (primary N) is 2. The molecule has 2 saturated carbocycles.